The summed E-state index contributed by atoms with van der Waals surface area (Å²) >= 11 is 0. The van der Waals surface area contributed by atoms with Crippen LogP contribution in [0.15, 0.2) is 53.1 Å². The second-order valence-electron chi connectivity index (χ2n) is 6.01. The van der Waals surface area contributed by atoms with E-state index in [2.05, 4.69) is 5.16 Å². The van der Waals surface area contributed by atoms with Crippen LogP contribution >= 0.6 is 0 Å². The van der Waals surface area contributed by atoms with Gasteiger partial charge in [-0.2, -0.15) is 0 Å². The molecule has 3 nitrogen and oxygen atoms in total. The molecule has 0 saturated heterocycles. The van der Waals surface area contributed by atoms with Gasteiger partial charge in [-0.25, -0.2) is 4.39 Å². The Kier molecular flexibility index (Phi) is 3.37. The second-order valence-corrected chi connectivity index (χ2v) is 6.01. The third-order valence-corrected chi connectivity index (χ3v) is 4.63. The fourth-order valence-corrected chi connectivity index (χ4v) is 3.37. The number of fused-ring (bicyclic) bond motifs is 1. The van der Waals surface area contributed by atoms with Crippen LogP contribution < -0.4 is 5.73 Å². The number of nitrogens with zero attached hydrogens (tertiary/aromatic N) is 1. The van der Waals surface area contributed by atoms with E-state index in [1.807, 2.05) is 42.5 Å². The number of halogens is 1. The van der Waals surface area contributed by atoms with Gasteiger partial charge in [0.05, 0.1) is 5.69 Å². The van der Waals surface area contributed by atoms with Crippen LogP contribution in [0.1, 0.15) is 29.2 Å². The Morgan fingerprint density at radius 1 is 1.09 bits per heavy atom. The molecule has 0 spiro atoms. The zero-order valence-electron chi connectivity index (χ0n) is 12.6. The lowest BCUT2D eigenvalue weighted by Crippen LogP contribution is -2.14. The van der Waals surface area contributed by atoms with Crippen molar-refractivity contribution in [3.05, 3.63) is 71.2 Å². The molecule has 0 radical (unpaired) electrons. The summed E-state index contributed by atoms with van der Waals surface area (Å²) in [6, 6.07) is 15.3. The number of nitrogen functional groups attached to an aromatic ring is 1. The predicted molar refractivity (Wildman–Crippen MR) is 87.5 cm³/mol. The highest BCUT2D eigenvalue weighted by molar-refractivity contribution is 5.63. The Balaban J connectivity index is 1.63. The first-order valence-electron chi connectivity index (χ1n) is 7.80. The van der Waals surface area contributed by atoms with E-state index < -0.39 is 0 Å². The highest BCUT2D eigenvalue weighted by Gasteiger charge is 2.27. The fourth-order valence-electron chi connectivity index (χ4n) is 3.37. The zero-order chi connectivity index (χ0) is 15.8. The van der Waals surface area contributed by atoms with Crippen molar-refractivity contribution in [2.24, 2.45) is 0 Å². The molecule has 4 heteroatoms. The van der Waals surface area contributed by atoms with Gasteiger partial charge in [0.15, 0.2) is 0 Å². The number of benzene rings is 2. The normalized spacial score (nSPS) is 17.0. The lowest BCUT2D eigenvalue weighted by Gasteiger charge is -2.22. The molecular formula is C19H17FN2O. The molecule has 1 unspecified atom stereocenters. The Bertz CT molecular complexity index is 842. The first kappa shape index (κ1) is 14.0. The number of hydrogen-bond donors (Lipinski definition) is 1. The van der Waals surface area contributed by atoms with Crippen LogP contribution in [0.25, 0.3) is 11.1 Å². The van der Waals surface area contributed by atoms with Gasteiger partial charge in [0.2, 0.25) is 5.88 Å². The van der Waals surface area contributed by atoms with Gasteiger partial charge in [-0.1, -0.05) is 47.6 Å². The molecule has 1 aliphatic rings. The lowest BCUT2D eigenvalue weighted by atomic mass is 9.82. The molecule has 23 heavy (non-hydrogen) atoms. The second kappa shape index (κ2) is 5.54. The molecule has 0 bridgehead atoms. The van der Waals surface area contributed by atoms with E-state index in [9.17, 15) is 4.39 Å². The molecule has 1 atom stereocenters. The summed E-state index contributed by atoms with van der Waals surface area (Å²) in [5, 5.41) is 4.00. The van der Waals surface area contributed by atoms with Gasteiger partial charge in [-0.3, -0.25) is 0 Å². The van der Waals surface area contributed by atoms with E-state index in [-0.39, 0.29) is 11.7 Å². The zero-order valence-corrected chi connectivity index (χ0v) is 12.6. The fraction of sp³-hybridized carbons (Fsp3) is 0.211. The van der Waals surface area contributed by atoms with Gasteiger partial charge in [0, 0.05) is 12.0 Å². The van der Waals surface area contributed by atoms with E-state index in [1.165, 1.54) is 0 Å². The largest absolute Gasteiger partial charge is 0.367 e. The number of anilines is 1. The molecule has 0 amide bonds. The van der Waals surface area contributed by atoms with Crippen molar-refractivity contribution in [2.45, 2.75) is 25.2 Å². The van der Waals surface area contributed by atoms with Crippen LogP contribution in [-0.2, 0) is 12.8 Å². The average molecular weight is 308 g/mol. The van der Waals surface area contributed by atoms with Crippen molar-refractivity contribution in [2.75, 3.05) is 5.73 Å². The monoisotopic (exact) mass is 308 g/mol. The van der Waals surface area contributed by atoms with Crippen LogP contribution in [-0.4, -0.2) is 5.16 Å². The van der Waals surface area contributed by atoms with Crippen molar-refractivity contribution in [3.8, 4) is 11.1 Å². The van der Waals surface area contributed by atoms with Crippen molar-refractivity contribution >= 4 is 5.88 Å². The molecule has 1 heterocycles. The first-order valence-corrected chi connectivity index (χ1v) is 7.80. The summed E-state index contributed by atoms with van der Waals surface area (Å²) < 4.78 is 19.7. The third-order valence-electron chi connectivity index (χ3n) is 4.63. The molecule has 0 fully saturated rings. The summed E-state index contributed by atoms with van der Waals surface area (Å²) in [6.45, 7) is 0. The minimum Gasteiger partial charge on any atom is -0.367 e. The van der Waals surface area contributed by atoms with Crippen molar-refractivity contribution in [3.63, 3.8) is 0 Å². The molecule has 3 aromatic rings. The Morgan fingerprint density at radius 2 is 1.91 bits per heavy atom. The molecule has 0 aliphatic heterocycles. The topological polar surface area (TPSA) is 52.0 Å². The SMILES string of the molecule is Nc1onc2c1CCC(c1ccc(-c3ccccc3)cc1F)C2. The van der Waals surface area contributed by atoms with Gasteiger partial charge in [0.1, 0.15) is 5.82 Å². The number of nitrogens with two attached hydrogens (primary N) is 1. The molecule has 1 aliphatic carbocycles. The Morgan fingerprint density at radius 3 is 2.70 bits per heavy atom. The van der Waals surface area contributed by atoms with Gasteiger partial charge < -0.3 is 10.3 Å². The summed E-state index contributed by atoms with van der Waals surface area (Å²) in [5.74, 6) is 0.367. The predicted octanol–water partition coefficient (Wildman–Crippen LogP) is 4.34. The minimum absolute atomic E-state index is 0.122. The molecule has 1 aromatic heterocycles. The summed E-state index contributed by atoms with van der Waals surface area (Å²) in [4.78, 5) is 0. The number of hydrogen-bond acceptors (Lipinski definition) is 3. The van der Waals surface area contributed by atoms with Crippen molar-refractivity contribution in [1.82, 2.24) is 5.16 Å². The number of rotatable bonds is 2. The van der Waals surface area contributed by atoms with Crippen molar-refractivity contribution < 1.29 is 8.91 Å². The van der Waals surface area contributed by atoms with Crippen LogP contribution in [0.5, 0.6) is 0 Å². The van der Waals surface area contributed by atoms with Gasteiger partial charge >= 0.3 is 0 Å². The maximum atomic E-state index is 14.6. The van der Waals surface area contributed by atoms with E-state index in [4.69, 9.17) is 10.3 Å². The van der Waals surface area contributed by atoms with E-state index in [0.717, 1.165) is 40.8 Å². The lowest BCUT2D eigenvalue weighted by molar-refractivity contribution is 0.423. The number of aromatic nitrogens is 1. The van der Waals surface area contributed by atoms with Crippen molar-refractivity contribution in [1.29, 1.82) is 0 Å². The smallest absolute Gasteiger partial charge is 0.225 e. The highest BCUT2D eigenvalue weighted by Crippen LogP contribution is 2.36. The molecule has 116 valence electrons. The average Bonchev–Trinajstić information content (AvgIpc) is 2.96. The highest BCUT2D eigenvalue weighted by atomic mass is 19.1. The molecule has 0 saturated carbocycles. The third kappa shape index (κ3) is 2.50. The van der Waals surface area contributed by atoms with Gasteiger partial charge in [-0.15, -0.1) is 0 Å². The maximum absolute atomic E-state index is 14.6. The van der Waals surface area contributed by atoms with Crippen LogP contribution in [0.4, 0.5) is 10.3 Å². The van der Waals surface area contributed by atoms with Gasteiger partial charge in [-0.05, 0) is 41.5 Å². The Labute approximate surface area is 133 Å². The standard InChI is InChI=1S/C19H17FN2O/c20-17-10-13(12-4-2-1-3-5-12)6-8-15(17)14-7-9-16-18(11-14)22-23-19(16)21/h1-6,8,10,14H,7,9,11,21H2. The van der Waals surface area contributed by atoms with Gasteiger partial charge in [0.25, 0.3) is 0 Å². The van der Waals surface area contributed by atoms with Crippen LogP contribution in [0.2, 0.25) is 0 Å². The molecule has 4 rings (SSSR count). The minimum atomic E-state index is -0.156. The molecule has 2 N–H and O–H groups in total. The summed E-state index contributed by atoms with van der Waals surface area (Å²) in [7, 11) is 0. The molecule has 2 aromatic carbocycles. The summed E-state index contributed by atoms with van der Waals surface area (Å²) in [5.41, 5.74) is 10.3. The van der Waals surface area contributed by atoms with E-state index in [0.29, 0.717) is 12.3 Å². The molecular weight excluding hydrogens is 291 g/mol. The summed E-state index contributed by atoms with van der Waals surface area (Å²) in [6.07, 6.45) is 2.33. The first-order chi connectivity index (χ1) is 11.2. The van der Waals surface area contributed by atoms with E-state index in [1.54, 1.807) is 6.07 Å². The Hall–Kier alpha value is -2.62. The van der Waals surface area contributed by atoms with E-state index >= 15 is 0 Å². The quantitative estimate of drug-likeness (QED) is 0.766. The van der Waals surface area contributed by atoms with Crippen LogP contribution in [0, 0.1) is 5.82 Å². The maximum Gasteiger partial charge on any atom is 0.225 e. The van der Waals surface area contributed by atoms with Crippen LogP contribution in [0.3, 0.4) is 0 Å².